The summed E-state index contributed by atoms with van der Waals surface area (Å²) in [7, 11) is 0. The van der Waals surface area contributed by atoms with E-state index in [-0.39, 0.29) is 11.5 Å². The lowest BCUT2D eigenvalue weighted by Gasteiger charge is -2.26. The summed E-state index contributed by atoms with van der Waals surface area (Å²) in [4.78, 5) is 10.8. The number of aromatic carboxylic acids is 1. The van der Waals surface area contributed by atoms with E-state index < -0.39 is 12.1 Å². The number of piperidine rings is 1. The number of benzene rings is 1. The molecule has 0 bridgehead atoms. The molecule has 0 radical (unpaired) electrons. The van der Waals surface area contributed by atoms with Crippen molar-refractivity contribution >= 4 is 5.97 Å². The fourth-order valence-corrected chi connectivity index (χ4v) is 2.25. The molecule has 1 aromatic rings. The van der Waals surface area contributed by atoms with Gasteiger partial charge in [-0.3, -0.25) is 0 Å². The first-order valence-corrected chi connectivity index (χ1v) is 5.86. The van der Waals surface area contributed by atoms with E-state index in [9.17, 15) is 9.18 Å². The third-order valence-electron chi connectivity index (χ3n) is 3.25. The Balaban J connectivity index is 2.14. The Hall–Kier alpha value is -1.42. The van der Waals surface area contributed by atoms with Crippen LogP contribution in [0.25, 0.3) is 0 Å². The molecule has 1 aromatic carbocycles. The normalized spacial score (nSPS) is 18.9. The zero-order valence-corrected chi connectivity index (χ0v) is 9.53. The lowest BCUT2D eigenvalue weighted by atomic mass is 9.88. The second kappa shape index (κ2) is 5.27. The van der Waals surface area contributed by atoms with Crippen LogP contribution in [-0.2, 0) is 0 Å². The molecule has 0 spiro atoms. The van der Waals surface area contributed by atoms with Crippen LogP contribution in [0.5, 0.6) is 0 Å². The van der Waals surface area contributed by atoms with Crippen molar-refractivity contribution in [2.24, 2.45) is 5.92 Å². The minimum Gasteiger partial charge on any atom is -0.478 e. The van der Waals surface area contributed by atoms with Gasteiger partial charge in [0.2, 0.25) is 0 Å². The van der Waals surface area contributed by atoms with Gasteiger partial charge in [0.1, 0.15) is 6.17 Å². The second-order valence-electron chi connectivity index (χ2n) is 4.42. The fraction of sp³-hybridized carbons (Fsp3) is 0.462. The molecule has 0 saturated carbocycles. The molecule has 1 unspecified atom stereocenters. The van der Waals surface area contributed by atoms with Crippen LogP contribution >= 0.6 is 0 Å². The summed E-state index contributed by atoms with van der Waals surface area (Å²) < 4.78 is 14.2. The van der Waals surface area contributed by atoms with Crippen LogP contribution in [0.3, 0.4) is 0 Å². The van der Waals surface area contributed by atoms with Gasteiger partial charge >= 0.3 is 5.97 Å². The molecular formula is C13H16FNO2. The molecule has 0 aliphatic carbocycles. The quantitative estimate of drug-likeness (QED) is 0.848. The van der Waals surface area contributed by atoms with E-state index in [4.69, 9.17) is 5.11 Å². The van der Waals surface area contributed by atoms with Crippen LogP contribution in [0.2, 0.25) is 0 Å². The highest BCUT2D eigenvalue weighted by molar-refractivity contribution is 5.87. The van der Waals surface area contributed by atoms with Crippen molar-refractivity contribution in [1.82, 2.24) is 5.32 Å². The van der Waals surface area contributed by atoms with Crippen LogP contribution in [0.4, 0.5) is 4.39 Å². The van der Waals surface area contributed by atoms with Gasteiger partial charge in [-0.05, 0) is 49.5 Å². The summed E-state index contributed by atoms with van der Waals surface area (Å²) in [6, 6.07) is 6.20. The van der Waals surface area contributed by atoms with Gasteiger partial charge < -0.3 is 10.4 Å². The summed E-state index contributed by atoms with van der Waals surface area (Å²) >= 11 is 0. The Kier molecular flexibility index (Phi) is 3.74. The van der Waals surface area contributed by atoms with E-state index in [2.05, 4.69) is 5.32 Å². The topological polar surface area (TPSA) is 49.3 Å². The number of rotatable bonds is 3. The standard InChI is InChI=1S/C13H16FNO2/c14-12(9-4-6-15-7-5-9)10-2-1-3-11(8-10)13(16)17/h1-3,8-9,12,15H,4-7H2,(H,16,17). The average Bonchev–Trinajstić information content (AvgIpc) is 2.39. The lowest BCUT2D eigenvalue weighted by molar-refractivity contribution is 0.0696. The summed E-state index contributed by atoms with van der Waals surface area (Å²) in [6.07, 6.45) is 0.549. The summed E-state index contributed by atoms with van der Waals surface area (Å²) in [5.41, 5.74) is 0.635. The maximum absolute atomic E-state index is 14.2. The van der Waals surface area contributed by atoms with Gasteiger partial charge in [-0.2, -0.15) is 0 Å². The van der Waals surface area contributed by atoms with Gasteiger partial charge in [0.15, 0.2) is 0 Å². The number of carboxylic acids is 1. The molecule has 1 aliphatic rings. The summed E-state index contributed by atoms with van der Waals surface area (Å²) in [5, 5.41) is 12.1. The SMILES string of the molecule is O=C(O)c1cccc(C(F)C2CCNCC2)c1. The molecule has 1 atom stereocenters. The van der Waals surface area contributed by atoms with Gasteiger partial charge in [-0.15, -0.1) is 0 Å². The van der Waals surface area contributed by atoms with Crippen LogP contribution in [-0.4, -0.2) is 24.2 Å². The number of hydrogen-bond acceptors (Lipinski definition) is 2. The van der Waals surface area contributed by atoms with Crippen molar-refractivity contribution in [1.29, 1.82) is 0 Å². The molecule has 1 saturated heterocycles. The van der Waals surface area contributed by atoms with Gasteiger partial charge in [-0.25, -0.2) is 9.18 Å². The maximum Gasteiger partial charge on any atom is 0.335 e. The Bertz CT molecular complexity index is 402. The number of nitrogens with one attached hydrogen (secondary N) is 1. The van der Waals surface area contributed by atoms with Crippen LogP contribution in [0, 0.1) is 5.92 Å². The molecule has 3 nitrogen and oxygen atoms in total. The molecule has 92 valence electrons. The first kappa shape index (κ1) is 12.0. The zero-order chi connectivity index (χ0) is 12.3. The van der Waals surface area contributed by atoms with E-state index in [1.165, 1.54) is 12.1 Å². The van der Waals surface area contributed by atoms with E-state index in [1.54, 1.807) is 12.1 Å². The third-order valence-corrected chi connectivity index (χ3v) is 3.25. The van der Waals surface area contributed by atoms with Gasteiger partial charge in [0.05, 0.1) is 5.56 Å². The van der Waals surface area contributed by atoms with E-state index in [1.807, 2.05) is 0 Å². The Morgan fingerprint density at radius 1 is 1.41 bits per heavy atom. The highest BCUT2D eigenvalue weighted by Gasteiger charge is 2.24. The molecule has 17 heavy (non-hydrogen) atoms. The lowest BCUT2D eigenvalue weighted by Crippen LogP contribution is -2.29. The van der Waals surface area contributed by atoms with Gasteiger partial charge in [0, 0.05) is 0 Å². The highest BCUT2D eigenvalue weighted by atomic mass is 19.1. The summed E-state index contributed by atoms with van der Waals surface area (Å²) in [6.45, 7) is 1.67. The maximum atomic E-state index is 14.2. The Labute approximate surface area is 99.7 Å². The third kappa shape index (κ3) is 2.82. The number of alkyl halides is 1. The van der Waals surface area contributed by atoms with Crippen LogP contribution in [0.1, 0.15) is 34.9 Å². The first-order valence-electron chi connectivity index (χ1n) is 5.86. The number of hydrogen-bond donors (Lipinski definition) is 2. The predicted molar refractivity (Wildman–Crippen MR) is 62.8 cm³/mol. The summed E-state index contributed by atoms with van der Waals surface area (Å²) in [5.74, 6) is -1.01. The molecule has 1 fully saturated rings. The van der Waals surface area contributed by atoms with Crippen molar-refractivity contribution in [3.8, 4) is 0 Å². The van der Waals surface area contributed by atoms with E-state index in [0.29, 0.717) is 5.56 Å². The number of halogens is 1. The Morgan fingerprint density at radius 3 is 2.76 bits per heavy atom. The van der Waals surface area contributed by atoms with Gasteiger partial charge in [-0.1, -0.05) is 12.1 Å². The molecule has 4 heteroatoms. The predicted octanol–water partition coefficient (Wildman–Crippen LogP) is 2.40. The Morgan fingerprint density at radius 2 is 2.12 bits per heavy atom. The molecule has 2 rings (SSSR count). The fourth-order valence-electron chi connectivity index (χ4n) is 2.25. The van der Waals surface area contributed by atoms with Crippen molar-refractivity contribution in [2.45, 2.75) is 19.0 Å². The number of carboxylic acid groups (broad SMARTS) is 1. The molecule has 1 aliphatic heterocycles. The van der Waals surface area contributed by atoms with Crippen molar-refractivity contribution < 1.29 is 14.3 Å². The van der Waals surface area contributed by atoms with Crippen LogP contribution in [0.15, 0.2) is 24.3 Å². The van der Waals surface area contributed by atoms with Gasteiger partial charge in [0.25, 0.3) is 0 Å². The van der Waals surface area contributed by atoms with Crippen molar-refractivity contribution in [3.05, 3.63) is 35.4 Å². The minimum atomic E-state index is -1.06. The largest absolute Gasteiger partial charge is 0.478 e. The first-order chi connectivity index (χ1) is 8.18. The second-order valence-corrected chi connectivity index (χ2v) is 4.42. The van der Waals surface area contributed by atoms with Crippen LogP contribution < -0.4 is 5.32 Å². The van der Waals surface area contributed by atoms with E-state index in [0.717, 1.165) is 25.9 Å². The number of carbonyl (C=O) groups is 1. The monoisotopic (exact) mass is 237 g/mol. The van der Waals surface area contributed by atoms with Crippen molar-refractivity contribution in [3.63, 3.8) is 0 Å². The highest BCUT2D eigenvalue weighted by Crippen LogP contribution is 2.32. The molecule has 0 aromatic heterocycles. The molecule has 0 amide bonds. The molecule has 1 heterocycles. The smallest absolute Gasteiger partial charge is 0.335 e. The zero-order valence-electron chi connectivity index (χ0n) is 9.53. The molecule has 2 N–H and O–H groups in total. The minimum absolute atomic E-state index is 0.000273. The average molecular weight is 237 g/mol. The van der Waals surface area contributed by atoms with E-state index >= 15 is 0 Å². The molecular weight excluding hydrogens is 221 g/mol. The van der Waals surface area contributed by atoms with Crippen molar-refractivity contribution in [2.75, 3.05) is 13.1 Å².